The minimum Gasteiger partial charge on any atom is -0.475 e. The van der Waals surface area contributed by atoms with Gasteiger partial charge in [-0.05, 0) is 30.5 Å². The third-order valence-corrected chi connectivity index (χ3v) is 3.03. The topological polar surface area (TPSA) is 54.4 Å². The molecule has 0 aliphatic heterocycles. The molecule has 2 aromatic carbocycles. The van der Waals surface area contributed by atoms with E-state index in [1.54, 1.807) is 24.3 Å². The molecule has 3 heteroatoms. The lowest BCUT2D eigenvalue weighted by atomic mass is 9.97. The van der Waals surface area contributed by atoms with E-state index in [2.05, 4.69) is 6.07 Å². The van der Waals surface area contributed by atoms with Gasteiger partial charge in [-0.1, -0.05) is 48.0 Å². The van der Waals surface area contributed by atoms with Gasteiger partial charge in [0, 0.05) is 5.56 Å². The number of aryl methyl sites for hydroxylation is 2. The summed E-state index contributed by atoms with van der Waals surface area (Å²) in [6, 6.07) is 12.8. The zero-order chi connectivity index (χ0) is 14.0. The minimum atomic E-state index is -1.43. The van der Waals surface area contributed by atoms with Crippen molar-refractivity contribution in [3.63, 3.8) is 0 Å². The number of hydrogen-bond acceptors (Lipinski definition) is 2. The maximum atomic E-state index is 11.3. The smallest absolute Gasteiger partial charge is 0.377 e. The molecule has 0 fully saturated rings. The Morgan fingerprint density at radius 2 is 1.58 bits per heavy atom. The highest BCUT2D eigenvalue weighted by Gasteiger charge is 2.14. The maximum absolute atomic E-state index is 11.3. The first-order valence-electron chi connectivity index (χ1n) is 5.94. The summed E-state index contributed by atoms with van der Waals surface area (Å²) in [4.78, 5) is 21.9. The van der Waals surface area contributed by atoms with Gasteiger partial charge in [0.25, 0.3) is 5.78 Å². The Bertz CT molecular complexity index is 640. The van der Waals surface area contributed by atoms with Gasteiger partial charge < -0.3 is 5.11 Å². The highest BCUT2D eigenvalue weighted by molar-refractivity contribution is 6.39. The second-order valence-electron chi connectivity index (χ2n) is 4.53. The first-order chi connectivity index (χ1) is 8.99. The molecule has 0 saturated heterocycles. The highest BCUT2D eigenvalue weighted by Crippen LogP contribution is 2.24. The number of aliphatic carboxylic acids is 1. The summed E-state index contributed by atoms with van der Waals surface area (Å²) in [6.45, 7) is 4.06. The van der Waals surface area contributed by atoms with E-state index in [0.717, 1.165) is 16.7 Å². The number of ketones is 1. The van der Waals surface area contributed by atoms with Crippen LogP contribution in [0.2, 0.25) is 0 Å². The largest absolute Gasteiger partial charge is 0.475 e. The predicted molar refractivity (Wildman–Crippen MR) is 73.3 cm³/mol. The lowest BCUT2D eigenvalue weighted by molar-refractivity contribution is -0.131. The average molecular weight is 254 g/mol. The van der Waals surface area contributed by atoms with Gasteiger partial charge >= 0.3 is 5.97 Å². The molecule has 0 unspecified atom stereocenters. The molecule has 0 radical (unpaired) electrons. The van der Waals surface area contributed by atoms with Crippen LogP contribution in [0.25, 0.3) is 11.1 Å². The first-order valence-corrected chi connectivity index (χ1v) is 5.94. The quantitative estimate of drug-likeness (QED) is 0.675. The van der Waals surface area contributed by atoms with Gasteiger partial charge in [0.05, 0.1) is 0 Å². The van der Waals surface area contributed by atoms with Crippen molar-refractivity contribution in [2.45, 2.75) is 13.8 Å². The molecule has 3 nitrogen and oxygen atoms in total. The molecular formula is C16H14O3. The first kappa shape index (κ1) is 13.0. The van der Waals surface area contributed by atoms with Crippen LogP contribution in [0.5, 0.6) is 0 Å². The number of rotatable bonds is 3. The van der Waals surface area contributed by atoms with E-state index in [4.69, 9.17) is 5.11 Å². The number of carbonyl (C=O) groups is 2. The molecule has 0 aliphatic carbocycles. The van der Waals surface area contributed by atoms with Gasteiger partial charge in [-0.2, -0.15) is 0 Å². The standard InChI is InChI=1S/C16H14O3/c1-10-3-8-14(11(2)9-10)12-4-6-13(7-5-12)15(17)16(18)19/h3-9H,1-2H3,(H,18,19). The van der Waals surface area contributed by atoms with Crippen LogP contribution in [0.4, 0.5) is 0 Å². The van der Waals surface area contributed by atoms with Crippen LogP contribution in [-0.4, -0.2) is 16.9 Å². The van der Waals surface area contributed by atoms with Crippen molar-refractivity contribution in [1.29, 1.82) is 0 Å². The van der Waals surface area contributed by atoms with Crippen molar-refractivity contribution in [3.05, 3.63) is 59.2 Å². The second-order valence-corrected chi connectivity index (χ2v) is 4.53. The van der Waals surface area contributed by atoms with Crippen LogP contribution in [-0.2, 0) is 4.79 Å². The second kappa shape index (κ2) is 5.06. The Morgan fingerprint density at radius 1 is 0.947 bits per heavy atom. The van der Waals surface area contributed by atoms with Crippen LogP contribution in [0, 0.1) is 13.8 Å². The minimum absolute atomic E-state index is 0.195. The van der Waals surface area contributed by atoms with Gasteiger partial charge in [0.2, 0.25) is 0 Å². The molecule has 0 heterocycles. The van der Waals surface area contributed by atoms with Gasteiger partial charge in [-0.25, -0.2) is 4.79 Å². The summed E-state index contributed by atoms with van der Waals surface area (Å²) in [5, 5.41) is 8.65. The van der Waals surface area contributed by atoms with Crippen LogP contribution in [0.3, 0.4) is 0 Å². The van der Waals surface area contributed by atoms with Crippen LogP contribution in [0.15, 0.2) is 42.5 Å². The highest BCUT2D eigenvalue weighted by atomic mass is 16.4. The van der Waals surface area contributed by atoms with Crippen molar-refractivity contribution in [3.8, 4) is 11.1 Å². The van der Waals surface area contributed by atoms with Crippen molar-refractivity contribution in [2.75, 3.05) is 0 Å². The summed E-state index contributed by atoms with van der Waals surface area (Å²) in [5.74, 6) is -2.31. The van der Waals surface area contributed by atoms with E-state index in [0.29, 0.717) is 0 Å². The predicted octanol–water partition coefficient (Wildman–Crippen LogP) is 3.24. The lowest BCUT2D eigenvalue weighted by Gasteiger charge is -2.07. The zero-order valence-electron chi connectivity index (χ0n) is 10.8. The van der Waals surface area contributed by atoms with E-state index < -0.39 is 11.8 Å². The Labute approximate surface area is 111 Å². The number of benzene rings is 2. The molecule has 1 N–H and O–H groups in total. The third kappa shape index (κ3) is 2.71. The van der Waals surface area contributed by atoms with Gasteiger partial charge in [-0.3, -0.25) is 4.79 Å². The van der Waals surface area contributed by atoms with Crippen molar-refractivity contribution in [2.24, 2.45) is 0 Å². The molecule has 2 aromatic rings. The van der Waals surface area contributed by atoms with Gasteiger partial charge in [0.15, 0.2) is 0 Å². The summed E-state index contributed by atoms with van der Waals surface area (Å²) in [6.07, 6.45) is 0. The molecule has 96 valence electrons. The average Bonchev–Trinajstić information content (AvgIpc) is 2.38. The summed E-state index contributed by atoms with van der Waals surface area (Å²) < 4.78 is 0. The van der Waals surface area contributed by atoms with E-state index in [1.165, 1.54) is 5.56 Å². The maximum Gasteiger partial charge on any atom is 0.377 e. The van der Waals surface area contributed by atoms with Crippen molar-refractivity contribution < 1.29 is 14.7 Å². The van der Waals surface area contributed by atoms with Crippen molar-refractivity contribution >= 4 is 11.8 Å². The molecule has 0 amide bonds. The number of Topliss-reactive ketones (excluding diaryl/α,β-unsaturated/α-hetero) is 1. The molecule has 0 spiro atoms. The Hall–Kier alpha value is -2.42. The van der Waals surface area contributed by atoms with Crippen LogP contribution in [0.1, 0.15) is 21.5 Å². The zero-order valence-corrected chi connectivity index (χ0v) is 10.8. The third-order valence-electron chi connectivity index (χ3n) is 3.03. The Kier molecular flexibility index (Phi) is 3.47. The number of carbonyl (C=O) groups excluding carboxylic acids is 1. The molecule has 0 aromatic heterocycles. The molecule has 0 saturated carbocycles. The van der Waals surface area contributed by atoms with Crippen LogP contribution < -0.4 is 0 Å². The Balaban J connectivity index is 2.37. The normalized spacial score (nSPS) is 10.2. The summed E-state index contributed by atoms with van der Waals surface area (Å²) in [5.41, 5.74) is 4.59. The number of carboxylic acid groups (broad SMARTS) is 1. The summed E-state index contributed by atoms with van der Waals surface area (Å²) in [7, 11) is 0. The lowest BCUT2D eigenvalue weighted by Crippen LogP contribution is -2.12. The van der Waals surface area contributed by atoms with Crippen molar-refractivity contribution in [1.82, 2.24) is 0 Å². The SMILES string of the molecule is Cc1ccc(-c2ccc(C(=O)C(=O)O)cc2)c(C)c1. The van der Waals surface area contributed by atoms with Gasteiger partial charge in [-0.15, -0.1) is 0 Å². The fourth-order valence-corrected chi connectivity index (χ4v) is 2.06. The fraction of sp³-hybridized carbons (Fsp3) is 0.125. The van der Waals surface area contributed by atoms with E-state index in [-0.39, 0.29) is 5.56 Å². The molecule has 2 rings (SSSR count). The number of carboxylic acids is 1. The molecule has 0 bridgehead atoms. The number of hydrogen-bond donors (Lipinski definition) is 1. The Morgan fingerprint density at radius 3 is 2.11 bits per heavy atom. The summed E-state index contributed by atoms with van der Waals surface area (Å²) >= 11 is 0. The van der Waals surface area contributed by atoms with Gasteiger partial charge in [0.1, 0.15) is 0 Å². The van der Waals surface area contributed by atoms with E-state index in [9.17, 15) is 9.59 Å². The molecule has 0 aliphatic rings. The molecule has 19 heavy (non-hydrogen) atoms. The molecular weight excluding hydrogens is 240 g/mol. The molecule has 0 atom stereocenters. The monoisotopic (exact) mass is 254 g/mol. The van der Waals surface area contributed by atoms with E-state index >= 15 is 0 Å². The van der Waals surface area contributed by atoms with Crippen LogP contribution >= 0.6 is 0 Å². The van der Waals surface area contributed by atoms with E-state index in [1.807, 2.05) is 26.0 Å². The fourth-order valence-electron chi connectivity index (χ4n) is 2.06.